The predicted molar refractivity (Wildman–Crippen MR) is 125 cm³/mol. The molecule has 0 spiro atoms. The minimum atomic E-state index is -0.219. The minimum Gasteiger partial charge on any atom is -0.497 e. The molecule has 1 heterocycles. The molecule has 0 saturated carbocycles. The van der Waals surface area contributed by atoms with Gasteiger partial charge in [0.2, 0.25) is 0 Å². The minimum absolute atomic E-state index is 0.219. The van der Waals surface area contributed by atoms with Crippen LogP contribution in [0.2, 0.25) is 0 Å². The first kappa shape index (κ1) is 20.2. The van der Waals surface area contributed by atoms with Gasteiger partial charge in [0.1, 0.15) is 5.75 Å². The Labute approximate surface area is 181 Å². The van der Waals surface area contributed by atoms with Gasteiger partial charge in [0.25, 0.3) is 5.91 Å². The zero-order valence-electron chi connectivity index (χ0n) is 17.5. The highest BCUT2D eigenvalue weighted by Crippen LogP contribution is 2.32. The van der Waals surface area contributed by atoms with Crippen LogP contribution in [-0.2, 0) is 6.54 Å². The van der Waals surface area contributed by atoms with E-state index in [4.69, 9.17) is 10.5 Å². The molecule has 0 bridgehead atoms. The zero-order valence-corrected chi connectivity index (χ0v) is 17.5. The second-order valence-corrected chi connectivity index (χ2v) is 7.26. The predicted octanol–water partition coefficient (Wildman–Crippen LogP) is 4.81. The van der Waals surface area contributed by atoms with Gasteiger partial charge in [-0.1, -0.05) is 42.5 Å². The lowest BCUT2D eigenvalue weighted by Gasteiger charge is -2.17. The first-order chi connectivity index (χ1) is 15.1. The third kappa shape index (κ3) is 4.28. The van der Waals surface area contributed by atoms with Crippen LogP contribution in [0.4, 0.5) is 17.1 Å². The number of ether oxygens (including phenoxy) is 1. The molecule has 6 heteroatoms. The van der Waals surface area contributed by atoms with Crippen molar-refractivity contribution in [1.29, 1.82) is 0 Å². The van der Waals surface area contributed by atoms with Crippen molar-refractivity contribution in [2.45, 2.75) is 13.5 Å². The average molecular weight is 412 g/mol. The standard InChI is InChI=1S/C25H24N4O2/c1-16-6-3-4-9-22(16)29-23-19-7-5-8-21(26)24(19)27-15-20(23)25(30)28-14-17-10-12-18(31-2)13-11-17/h3-13,15H,14,26H2,1-2H3,(H,27,29)(H,28,30). The Morgan fingerprint density at radius 1 is 1.03 bits per heavy atom. The van der Waals surface area contributed by atoms with Gasteiger partial charge in [0, 0.05) is 23.8 Å². The molecule has 6 nitrogen and oxygen atoms in total. The van der Waals surface area contributed by atoms with Crippen molar-refractivity contribution < 1.29 is 9.53 Å². The molecular weight excluding hydrogens is 388 g/mol. The monoisotopic (exact) mass is 412 g/mol. The number of aromatic nitrogens is 1. The van der Waals surface area contributed by atoms with Crippen LogP contribution in [0.3, 0.4) is 0 Å². The molecular formula is C25H24N4O2. The molecule has 31 heavy (non-hydrogen) atoms. The summed E-state index contributed by atoms with van der Waals surface area (Å²) in [4.78, 5) is 17.6. The highest BCUT2D eigenvalue weighted by Gasteiger charge is 2.17. The number of carbonyl (C=O) groups excluding carboxylic acids is 1. The van der Waals surface area contributed by atoms with E-state index in [0.717, 1.165) is 28.0 Å². The van der Waals surface area contributed by atoms with E-state index in [9.17, 15) is 4.79 Å². The molecule has 0 atom stereocenters. The Bertz CT molecular complexity index is 1240. The Kier molecular flexibility index (Phi) is 5.71. The van der Waals surface area contributed by atoms with Crippen LogP contribution in [0.15, 0.2) is 72.9 Å². The van der Waals surface area contributed by atoms with Crippen molar-refractivity contribution in [3.8, 4) is 5.75 Å². The van der Waals surface area contributed by atoms with E-state index in [-0.39, 0.29) is 5.91 Å². The summed E-state index contributed by atoms with van der Waals surface area (Å²) in [6.07, 6.45) is 1.57. The summed E-state index contributed by atoms with van der Waals surface area (Å²) in [7, 11) is 1.62. The number of pyridine rings is 1. The van der Waals surface area contributed by atoms with Gasteiger partial charge < -0.3 is 21.1 Å². The second-order valence-electron chi connectivity index (χ2n) is 7.26. The van der Waals surface area contributed by atoms with Gasteiger partial charge in [-0.3, -0.25) is 9.78 Å². The number of methoxy groups -OCH3 is 1. The molecule has 0 fully saturated rings. The van der Waals surface area contributed by atoms with E-state index >= 15 is 0 Å². The molecule has 0 aliphatic rings. The molecule has 3 aromatic carbocycles. The number of nitrogens with one attached hydrogen (secondary N) is 2. The number of benzene rings is 3. The molecule has 1 aromatic heterocycles. The van der Waals surface area contributed by atoms with Crippen LogP contribution in [0.1, 0.15) is 21.5 Å². The number of hydrogen-bond acceptors (Lipinski definition) is 5. The topological polar surface area (TPSA) is 89.3 Å². The van der Waals surface area contributed by atoms with E-state index in [1.807, 2.05) is 67.6 Å². The number of hydrogen-bond donors (Lipinski definition) is 3. The van der Waals surface area contributed by atoms with Crippen molar-refractivity contribution in [3.05, 3.63) is 89.6 Å². The van der Waals surface area contributed by atoms with Crippen LogP contribution < -0.4 is 21.1 Å². The lowest BCUT2D eigenvalue weighted by Crippen LogP contribution is -2.24. The Morgan fingerprint density at radius 3 is 2.55 bits per heavy atom. The smallest absolute Gasteiger partial charge is 0.255 e. The molecule has 0 radical (unpaired) electrons. The molecule has 156 valence electrons. The second kappa shape index (κ2) is 8.75. The molecule has 1 amide bonds. The van der Waals surface area contributed by atoms with Crippen LogP contribution >= 0.6 is 0 Å². The lowest BCUT2D eigenvalue weighted by atomic mass is 10.1. The molecule has 4 N–H and O–H groups in total. The van der Waals surface area contributed by atoms with E-state index in [2.05, 4.69) is 15.6 Å². The van der Waals surface area contributed by atoms with Crippen molar-refractivity contribution in [2.75, 3.05) is 18.2 Å². The van der Waals surface area contributed by atoms with Crippen molar-refractivity contribution in [3.63, 3.8) is 0 Å². The van der Waals surface area contributed by atoms with E-state index < -0.39 is 0 Å². The Balaban J connectivity index is 1.68. The van der Waals surface area contributed by atoms with Crippen LogP contribution in [0, 0.1) is 6.92 Å². The highest BCUT2D eigenvalue weighted by molar-refractivity contribution is 6.10. The Hall–Kier alpha value is -4.06. The fourth-order valence-corrected chi connectivity index (χ4v) is 3.42. The molecule has 0 unspecified atom stereocenters. The maximum Gasteiger partial charge on any atom is 0.255 e. The van der Waals surface area contributed by atoms with Gasteiger partial charge in [-0.05, 0) is 42.3 Å². The highest BCUT2D eigenvalue weighted by atomic mass is 16.5. The molecule has 4 aromatic rings. The third-order valence-electron chi connectivity index (χ3n) is 5.19. The number of nitrogens with zero attached hydrogens (tertiary/aromatic N) is 1. The van der Waals surface area contributed by atoms with Gasteiger partial charge in [-0.15, -0.1) is 0 Å². The van der Waals surface area contributed by atoms with Crippen LogP contribution in [0.5, 0.6) is 5.75 Å². The number of carbonyl (C=O) groups is 1. The SMILES string of the molecule is COc1ccc(CNC(=O)c2cnc3c(N)cccc3c2Nc2ccccc2C)cc1. The van der Waals surface area contributed by atoms with E-state index in [1.165, 1.54) is 0 Å². The molecule has 4 rings (SSSR count). The van der Waals surface area contributed by atoms with Crippen LogP contribution in [-0.4, -0.2) is 18.0 Å². The maximum atomic E-state index is 13.1. The number of fused-ring (bicyclic) bond motifs is 1. The number of anilines is 3. The van der Waals surface area contributed by atoms with Gasteiger partial charge >= 0.3 is 0 Å². The number of para-hydroxylation sites is 2. The first-order valence-electron chi connectivity index (χ1n) is 9.98. The number of nitrogen functional groups attached to an aromatic ring is 1. The van der Waals surface area contributed by atoms with E-state index in [1.54, 1.807) is 19.4 Å². The third-order valence-corrected chi connectivity index (χ3v) is 5.19. The van der Waals surface area contributed by atoms with Gasteiger partial charge in [0.05, 0.1) is 29.6 Å². The largest absolute Gasteiger partial charge is 0.497 e. The molecule has 0 aliphatic carbocycles. The number of aryl methyl sites for hydroxylation is 1. The van der Waals surface area contributed by atoms with Crippen molar-refractivity contribution >= 4 is 33.9 Å². The van der Waals surface area contributed by atoms with Crippen LogP contribution in [0.25, 0.3) is 10.9 Å². The van der Waals surface area contributed by atoms with Gasteiger partial charge in [-0.2, -0.15) is 0 Å². The summed E-state index contributed by atoms with van der Waals surface area (Å²) in [5.74, 6) is 0.555. The summed E-state index contributed by atoms with van der Waals surface area (Å²) >= 11 is 0. The summed E-state index contributed by atoms with van der Waals surface area (Å²) in [5, 5.41) is 7.21. The number of rotatable bonds is 6. The number of nitrogens with two attached hydrogens (primary N) is 1. The normalized spacial score (nSPS) is 10.6. The summed E-state index contributed by atoms with van der Waals surface area (Å²) < 4.78 is 5.18. The van der Waals surface area contributed by atoms with E-state index in [0.29, 0.717) is 29.0 Å². The Morgan fingerprint density at radius 2 is 1.81 bits per heavy atom. The molecule has 0 saturated heterocycles. The maximum absolute atomic E-state index is 13.1. The summed E-state index contributed by atoms with van der Waals surface area (Å²) in [5.41, 5.74) is 11.4. The average Bonchev–Trinajstić information content (AvgIpc) is 2.80. The summed E-state index contributed by atoms with van der Waals surface area (Å²) in [6, 6.07) is 21.1. The van der Waals surface area contributed by atoms with Gasteiger partial charge in [0.15, 0.2) is 0 Å². The fourth-order valence-electron chi connectivity index (χ4n) is 3.42. The molecule has 0 aliphatic heterocycles. The van der Waals surface area contributed by atoms with Gasteiger partial charge in [-0.25, -0.2) is 0 Å². The van der Waals surface area contributed by atoms with Crippen molar-refractivity contribution in [2.24, 2.45) is 0 Å². The zero-order chi connectivity index (χ0) is 21.8. The lowest BCUT2D eigenvalue weighted by molar-refractivity contribution is 0.0951. The van der Waals surface area contributed by atoms with Crippen molar-refractivity contribution in [1.82, 2.24) is 10.3 Å². The summed E-state index contributed by atoms with van der Waals surface area (Å²) in [6.45, 7) is 2.41. The number of amides is 1. The fraction of sp³-hybridized carbons (Fsp3) is 0.120. The quantitative estimate of drug-likeness (QED) is 0.396. The first-order valence-corrected chi connectivity index (χ1v) is 9.98.